The minimum Gasteiger partial charge on any atom is -0.247 e. The molecular formula is C63H58S. The molecule has 1 heterocycles. The summed E-state index contributed by atoms with van der Waals surface area (Å²) in [6.45, 7) is 19.5. The van der Waals surface area contributed by atoms with Gasteiger partial charge in [0.05, 0.1) is 0 Å². The fourth-order valence-electron chi connectivity index (χ4n) is 13.7. The second kappa shape index (κ2) is 11.7. The van der Waals surface area contributed by atoms with Crippen LogP contribution in [-0.2, 0) is 21.7 Å². The number of fused-ring (bicyclic) bond motifs is 16. The quantitative estimate of drug-likeness (QED) is 0.165. The molecule has 0 N–H and O–H groups in total. The van der Waals surface area contributed by atoms with Crippen molar-refractivity contribution in [2.45, 2.75) is 77.0 Å². The summed E-state index contributed by atoms with van der Waals surface area (Å²) in [5, 5.41) is 5.36. The molecule has 0 radical (unpaired) electrons. The van der Waals surface area contributed by atoms with Crippen LogP contribution < -0.4 is 0 Å². The standard InChI is InChI=1S/C63H58S/c1-60(2)48-26-22-36-16-12-14-18-40(36)58(48)46-34-52-44(32-54(46)60)42-24-20-38(30-50(42)62(52,5)6)56-28-29-57(64(56,9,10)11)39-21-25-43-45-33-55-47(35-53(45)63(7,8)51(43)31-39)59-41-19-15-13-17-37(41)23-27-49(59)61(55,3)4/h12-35,64H,1-11H3. The second-order valence-corrected chi connectivity index (χ2v) is 29.8. The fourth-order valence-corrected chi connectivity index (χ4v) is 17.2. The van der Waals surface area contributed by atoms with Crippen molar-refractivity contribution in [1.82, 2.24) is 0 Å². The first kappa shape index (κ1) is 38.6. The van der Waals surface area contributed by atoms with Gasteiger partial charge in [-0.15, -0.1) is 0 Å². The molecule has 0 saturated heterocycles. The van der Waals surface area contributed by atoms with Crippen molar-refractivity contribution in [3.8, 4) is 44.5 Å². The zero-order valence-corrected chi connectivity index (χ0v) is 40.2. The third-order valence-corrected chi connectivity index (χ3v) is 21.6. The van der Waals surface area contributed by atoms with E-state index in [9.17, 15) is 0 Å². The van der Waals surface area contributed by atoms with Gasteiger partial charge in [-0.1, -0.05) is 152 Å². The molecule has 5 aliphatic rings. The van der Waals surface area contributed by atoms with Gasteiger partial charge in [-0.2, -0.15) is 0 Å². The van der Waals surface area contributed by atoms with Gasteiger partial charge in [0.25, 0.3) is 0 Å². The van der Waals surface area contributed by atoms with Crippen molar-refractivity contribution >= 4 is 40.5 Å². The number of benzene rings is 8. The summed E-state index contributed by atoms with van der Waals surface area (Å²) < 4.78 is 0. The molecule has 0 saturated carbocycles. The summed E-state index contributed by atoms with van der Waals surface area (Å²) >= 11 is 0. The molecular weight excluding hydrogens is 789 g/mol. The molecule has 0 spiro atoms. The third kappa shape index (κ3) is 4.57. The Morgan fingerprint density at radius 1 is 0.312 bits per heavy atom. The summed E-state index contributed by atoms with van der Waals surface area (Å²) in [7, 11) is -2.59. The van der Waals surface area contributed by atoms with E-state index < -0.39 is 9.16 Å². The lowest BCUT2D eigenvalue weighted by atomic mass is 9.79. The van der Waals surface area contributed by atoms with Crippen molar-refractivity contribution < 1.29 is 0 Å². The molecule has 8 aromatic rings. The second-order valence-electron chi connectivity index (χ2n) is 23.2. The predicted octanol–water partition coefficient (Wildman–Crippen LogP) is 16.6. The SMILES string of the molecule is CC1(C)c2cc(C3=CC=C(c4ccc5c(c4)C(C)(C)c4cc6c(cc4-5)C(C)(C)c4ccc5ccccc5c4-6)[SH]3(C)(C)C)ccc2-c2cc3c(cc21)-c1c(ccc2ccccc12)C3(C)C. The van der Waals surface area contributed by atoms with Gasteiger partial charge < -0.3 is 0 Å². The van der Waals surface area contributed by atoms with Gasteiger partial charge in [0, 0.05) is 21.7 Å². The number of rotatable bonds is 2. The Morgan fingerprint density at radius 2 is 0.656 bits per heavy atom. The van der Waals surface area contributed by atoms with Crippen LogP contribution in [0.5, 0.6) is 0 Å². The number of thiol groups is 1. The van der Waals surface area contributed by atoms with Crippen LogP contribution in [0.15, 0.2) is 146 Å². The molecule has 1 aliphatic heterocycles. The first-order valence-electron chi connectivity index (χ1n) is 23.5. The Labute approximate surface area is 380 Å². The average molecular weight is 847 g/mol. The molecule has 1 heteroatoms. The molecule has 8 aromatic carbocycles. The molecule has 0 aromatic heterocycles. The Hall–Kier alpha value is -5.89. The zero-order chi connectivity index (χ0) is 44.3. The molecule has 4 aliphatic carbocycles. The van der Waals surface area contributed by atoms with Crippen LogP contribution in [0.2, 0.25) is 0 Å². The zero-order valence-electron chi connectivity index (χ0n) is 39.3. The first-order chi connectivity index (χ1) is 30.3. The Balaban J connectivity index is 0.864. The summed E-state index contributed by atoms with van der Waals surface area (Å²) in [5.41, 5.74) is 25.2. The molecule has 0 nitrogen and oxygen atoms in total. The maximum Gasteiger partial charge on any atom is 0.0159 e. The van der Waals surface area contributed by atoms with E-state index in [0.29, 0.717) is 0 Å². The summed E-state index contributed by atoms with van der Waals surface area (Å²) in [6, 6.07) is 52.4. The molecule has 0 bridgehead atoms. The smallest absolute Gasteiger partial charge is 0.0159 e. The molecule has 0 fully saturated rings. The van der Waals surface area contributed by atoms with Gasteiger partial charge in [0.1, 0.15) is 0 Å². The van der Waals surface area contributed by atoms with Gasteiger partial charge in [0.2, 0.25) is 0 Å². The van der Waals surface area contributed by atoms with Crippen molar-refractivity contribution in [2.75, 3.05) is 18.8 Å². The van der Waals surface area contributed by atoms with Crippen molar-refractivity contribution in [2.24, 2.45) is 0 Å². The highest BCUT2D eigenvalue weighted by Gasteiger charge is 2.46. The largest absolute Gasteiger partial charge is 0.247 e. The van der Waals surface area contributed by atoms with E-state index in [-0.39, 0.29) is 21.7 Å². The minimum absolute atomic E-state index is 0.0642. The summed E-state index contributed by atoms with van der Waals surface area (Å²) in [4.78, 5) is 3.01. The fraction of sp³-hybridized carbons (Fsp3) is 0.238. The van der Waals surface area contributed by atoms with Crippen LogP contribution in [0.3, 0.4) is 0 Å². The van der Waals surface area contributed by atoms with E-state index in [1.807, 2.05) is 0 Å². The minimum atomic E-state index is -2.59. The van der Waals surface area contributed by atoms with Crippen LogP contribution >= 0.6 is 9.16 Å². The Bertz CT molecular complexity index is 3350. The first-order valence-corrected chi connectivity index (χ1v) is 27.0. The maximum absolute atomic E-state index is 2.59. The molecule has 13 rings (SSSR count). The molecule has 0 amide bonds. The highest BCUT2D eigenvalue weighted by molar-refractivity contribution is 8.61. The van der Waals surface area contributed by atoms with E-state index in [1.165, 1.54) is 131 Å². The lowest BCUT2D eigenvalue weighted by Crippen LogP contribution is -2.18. The van der Waals surface area contributed by atoms with Crippen molar-refractivity contribution in [1.29, 1.82) is 0 Å². The van der Waals surface area contributed by atoms with Gasteiger partial charge >= 0.3 is 0 Å². The topological polar surface area (TPSA) is 0 Å². The number of hydrogen-bond acceptors (Lipinski definition) is 0. The lowest BCUT2D eigenvalue weighted by molar-refractivity contribution is 0.652. The average Bonchev–Trinajstić information content (AvgIpc) is 3.91. The van der Waals surface area contributed by atoms with Gasteiger partial charge in [-0.25, -0.2) is 9.16 Å². The lowest BCUT2D eigenvalue weighted by Gasteiger charge is -2.53. The highest BCUT2D eigenvalue weighted by atomic mass is 32.3. The van der Waals surface area contributed by atoms with Gasteiger partial charge in [-0.3, -0.25) is 0 Å². The van der Waals surface area contributed by atoms with Crippen molar-refractivity contribution in [3.63, 3.8) is 0 Å². The highest BCUT2D eigenvalue weighted by Crippen LogP contribution is 2.81. The van der Waals surface area contributed by atoms with Crippen LogP contribution in [0.4, 0.5) is 0 Å². The maximum atomic E-state index is 2.58. The number of allylic oxidation sites excluding steroid dienone is 2. The van der Waals surface area contributed by atoms with Crippen LogP contribution in [0, 0.1) is 0 Å². The van der Waals surface area contributed by atoms with E-state index >= 15 is 0 Å². The molecule has 0 atom stereocenters. The van der Waals surface area contributed by atoms with E-state index in [1.54, 1.807) is 0 Å². The molecule has 64 heavy (non-hydrogen) atoms. The van der Waals surface area contributed by atoms with Crippen molar-refractivity contribution in [3.05, 3.63) is 201 Å². The number of hydrogen-bond donors (Lipinski definition) is 1. The van der Waals surface area contributed by atoms with Crippen LogP contribution in [0.25, 0.3) is 75.9 Å². The monoisotopic (exact) mass is 846 g/mol. The van der Waals surface area contributed by atoms with Gasteiger partial charge in [-0.05, 0) is 199 Å². The van der Waals surface area contributed by atoms with Crippen LogP contribution in [0.1, 0.15) is 111 Å². The Kier molecular flexibility index (Phi) is 7.03. The molecule has 0 unspecified atom stereocenters. The Morgan fingerprint density at radius 3 is 1.08 bits per heavy atom. The van der Waals surface area contributed by atoms with Gasteiger partial charge in [0.15, 0.2) is 0 Å². The normalized spacial score (nSPS) is 20.2. The summed E-state index contributed by atoms with van der Waals surface area (Å²) in [5.74, 6) is 0. The molecule has 316 valence electrons. The predicted molar refractivity (Wildman–Crippen MR) is 281 cm³/mol. The van der Waals surface area contributed by atoms with E-state index in [2.05, 4.69) is 220 Å². The summed E-state index contributed by atoms with van der Waals surface area (Å²) in [6.07, 6.45) is 12.7. The van der Waals surface area contributed by atoms with E-state index in [0.717, 1.165) is 0 Å². The van der Waals surface area contributed by atoms with E-state index in [4.69, 9.17) is 0 Å². The third-order valence-electron chi connectivity index (χ3n) is 17.4. The van der Waals surface area contributed by atoms with Crippen LogP contribution in [-0.4, -0.2) is 18.8 Å².